The summed E-state index contributed by atoms with van der Waals surface area (Å²) in [4.78, 5) is 28.3. The minimum absolute atomic E-state index is 0.0290. The zero-order chi connectivity index (χ0) is 16.6. The second-order valence-electron chi connectivity index (χ2n) is 5.39. The van der Waals surface area contributed by atoms with E-state index in [-0.39, 0.29) is 18.2 Å². The molecule has 23 heavy (non-hydrogen) atoms. The standard InChI is InChI=1S/C15H17N5O3/c1-8-4-5-12(23-3)10(6-8)17-13(21)7-11-14(22)18-15-16-9(2)19-20(11)15/h4-6,11H,7H2,1-3H3,(H,17,21)(H,16,18,19,22)/t11-/m1/s1. The van der Waals surface area contributed by atoms with Crippen molar-refractivity contribution in [2.45, 2.75) is 26.3 Å². The molecule has 0 saturated carbocycles. The van der Waals surface area contributed by atoms with E-state index in [4.69, 9.17) is 4.74 Å². The summed E-state index contributed by atoms with van der Waals surface area (Å²) in [5.41, 5.74) is 1.57. The molecule has 0 fully saturated rings. The number of carbonyl (C=O) groups excluding carboxylic acids is 2. The van der Waals surface area contributed by atoms with E-state index in [0.29, 0.717) is 23.2 Å². The van der Waals surface area contributed by atoms with Crippen LogP contribution in [-0.4, -0.2) is 33.7 Å². The van der Waals surface area contributed by atoms with Crippen molar-refractivity contribution in [2.75, 3.05) is 17.7 Å². The molecule has 3 rings (SSSR count). The Morgan fingerprint density at radius 2 is 2.22 bits per heavy atom. The topological polar surface area (TPSA) is 98.1 Å². The lowest BCUT2D eigenvalue weighted by atomic mass is 10.1. The monoisotopic (exact) mass is 315 g/mol. The van der Waals surface area contributed by atoms with Crippen LogP contribution in [0.1, 0.15) is 23.9 Å². The lowest BCUT2D eigenvalue weighted by Gasteiger charge is -2.13. The number of ether oxygens (including phenoxy) is 1. The van der Waals surface area contributed by atoms with E-state index in [2.05, 4.69) is 20.7 Å². The Bertz CT molecular complexity index is 783. The molecule has 2 heterocycles. The van der Waals surface area contributed by atoms with Crippen molar-refractivity contribution >= 4 is 23.5 Å². The third kappa shape index (κ3) is 2.87. The van der Waals surface area contributed by atoms with Crippen LogP contribution >= 0.6 is 0 Å². The second-order valence-corrected chi connectivity index (χ2v) is 5.39. The molecule has 8 heteroatoms. The maximum absolute atomic E-state index is 12.3. The smallest absolute Gasteiger partial charge is 0.252 e. The predicted octanol–water partition coefficient (Wildman–Crippen LogP) is 1.43. The van der Waals surface area contributed by atoms with E-state index in [1.165, 1.54) is 11.8 Å². The number of nitrogens with one attached hydrogen (secondary N) is 2. The van der Waals surface area contributed by atoms with Gasteiger partial charge in [0.1, 0.15) is 17.6 Å². The molecular formula is C15H17N5O3. The molecule has 0 aliphatic carbocycles. The van der Waals surface area contributed by atoms with Gasteiger partial charge < -0.3 is 10.1 Å². The Morgan fingerprint density at radius 1 is 1.43 bits per heavy atom. The molecule has 0 saturated heterocycles. The summed E-state index contributed by atoms with van der Waals surface area (Å²) in [5.74, 6) is 0.905. The number of nitrogens with zero attached hydrogens (tertiary/aromatic N) is 3. The van der Waals surface area contributed by atoms with E-state index >= 15 is 0 Å². The van der Waals surface area contributed by atoms with Gasteiger partial charge in [0.05, 0.1) is 19.2 Å². The Balaban J connectivity index is 1.75. The predicted molar refractivity (Wildman–Crippen MR) is 83.4 cm³/mol. The molecule has 0 unspecified atom stereocenters. The van der Waals surface area contributed by atoms with Crippen molar-refractivity contribution in [1.82, 2.24) is 14.8 Å². The number of amides is 2. The van der Waals surface area contributed by atoms with Gasteiger partial charge in [-0.3, -0.25) is 14.9 Å². The van der Waals surface area contributed by atoms with Crippen LogP contribution < -0.4 is 15.4 Å². The number of methoxy groups -OCH3 is 1. The Labute approximate surface area is 132 Å². The maximum Gasteiger partial charge on any atom is 0.252 e. The van der Waals surface area contributed by atoms with Gasteiger partial charge >= 0.3 is 0 Å². The van der Waals surface area contributed by atoms with Crippen molar-refractivity contribution in [3.05, 3.63) is 29.6 Å². The second kappa shape index (κ2) is 5.71. The Morgan fingerprint density at radius 3 is 2.96 bits per heavy atom. The largest absolute Gasteiger partial charge is 0.495 e. The van der Waals surface area contributed by atoms with Crippen LogP contribution in [0.15, 0.2) is 18.2 Å². The van der Waals surface area contributed by atoms with E-state index in [0.717, 1.165) is 5.56 Å². The first kappa shape index (κ1) is 15.0. The van der Waals surface area contributed by atoms with Crippen LogP contribution in [0.5, 0.6) is 5.75 Å². The summed E-state index contributed by atoms with van der Waals surface area (Å²) in [7, 11) is 1.54. The van der Waals surface area contributed by atoms with Gasteiger partial charge in [-0.05, 0) is 31.5 Å². The van der Waals surface area contributed by atoms with Gasteiger partial charge in [-0.15, -0.1) is 0 Å². The SMILES string of the molecule is COc1ccc(C)cc1NC(=O)C[C@@H]1C(=O)Nc2nc(C)nn21. The van der Waals surface area contributed by atoms with Crippen molar-refractivity contribution in [3.63, 3.8) is 0 Å². The summed E-state index contributed by atoms with van der Waals surface area (Å²) in [6.07, 6.45) is -0.0290. The van der Waals surface area contributed by atoms with Crippen molar-refractivity contribution in [2.24, 2.45) is 0 Å². The van der Waals surface area contributed by atoms with Crippen molar-refractivity contribution in [3.8, 4) is 5.75 Å². The lowest BCUT2D eigenvalue weighted by molar-refractivity contribution is -0.123. The molecule has 1 aliphatic rings. The van der Waals surface area contributed by atoms with Crippen LogP contribution in [0.4, 0.5) is 11.6 Å². The van der Waals surface area contributed by atoms with Gasteiger partial charge in [0.2, 0.25) is 11.9 Å². The highest BCUT2D eigenvalue weighted by atomic mass is 16.5. The summed E-state index contributed by atoms with van der Waals surface area (Å²) >= 11 is 0. The molecule has 0 spiro atoms. The molecule has 2 aromatic rings. The number of benzene rings is 1. The molecule has 1 atom stereocenters. The Hall–Kier alpha value is -2.90. The number of aromatic nitrogens is 3. The van der Waals surface area contributed by atoms with Crippen LogP contribution in [0.3, 0.4) is 0 Å². The van der Waals surface area contributed by atoms with E-state index in [1.807, 2.05) is 19.1 Å². The minimum Gasteiger partial charge on any atom is -0.495 e. The van der Waals surface area contributed by atoms with Gasteiger partial charge in [0.25, 0.3) is 5.91 Å². The first-order chi connectivity index (χ1) is 11.0. The summed E-state index contributed by atoms with van der Waals surface area (Å²) in [5, 5.41) is 9.55. The van der Waals surface area contributed by atoms with Gasteiger partial charge in [-0.25, -0.2) is 4.68 Å². The fourth-order valence-electron chi connectivity index (χ4n) is 2.51. The number of anilines is 2. The molecule has 2 amide bonds. The fourth-order valence-corrected chi connectivity index (χ4v) is 2.51. The zero-order valence-electron chi connectivity index (χ0n) is 13.1. The number of aryl methyl sites for hydroxylation is 2. The molecule has 0 bridgehead atoms. The van der Waals surface area contributed by atoms with Gasteiger partial charge in [-0.1, -0.05) is 6.07 Å². The first-order valence-corrected chi connectivity index (χ1v) is 7.16. The minimum atomic E-state index is -0.693. The van der Waals surface area contributed by atoms with Crippen molar-refractivity contribution < 1.29 is 14.3 Å². The van der Waals surface area contributed by atoms with Crippen molar-refractivity contribution in [1.29, 1.82) is 0 Å². The van der Waals surface area contributed by atoms with E-state index in [9.17, 15) is 9.59 Å². The molecule has 1 aromatic carbocycles. The fraction of sp³-hybridized carbons (Fsp3) is 0.333. The highest BCUT2D eigenvalue weighted by Crippen LogP contribution is 2.28. The number of rotatable bonds is 4. The normalized spacial score (nSPS) is 16.0. The average Bonchev–Trinajstić information content (AvgIpc) is 2.97. The molecule has 1 aromatic heterocycles. The Kier molecular flexibility index (Phi) is 3.73. The third-order valence-corrected chi connectivity index (χ3v) is 3.58. The zero-order valence-corrected chi connectivity index (χ0v) is 13.1. The average molecular weight is 315 g/mol. The number of hydrogen-bond acceptors (Lipinski definition) is 5. The number of carbonyl (C=O) groups is 2. The molecular weight excluding hydrogens is 298 g/mol. The van der Waals surface area contributed by atoms with E-state index in [1.54, 1.807) is 13.0 Å². The summed E-state index contributed by atoms with van der Waals surface area (Å²) in [6, 6.07) is 4.80. The highest BCUT2D eigenvalue weighted by Gasteiger charge is 2.34. The number of fused-ring (bicyclic) bond motifs is 1. The van der Waals surface area contributed by atoms with Crippen LogP contribution in [0.2, 0.25) is 0 Å². The summed E-state index contributed by atoms with van der Waals surface area (Å²) < 4.78 is 6.68. The maximum atomic E-state index is 12.3. The van der Waals surface area contributed by atoms with Crippen LogP contribution in [0, 0.1) is 13.8 Å². The molecule has 120 valence electrons. The highest BCUT2D eigenvalue weighted by molar-refractivity contribution is 6.01. The third-order valence-electron chi connectivity index (χ3n) is 3.58. The molecule has 1 aliphatic heterocycles. The van der Waals surface area contributed by atoms with Crippen LogP contribution in [-0.2, 0) is 9.59 Å². The lowest BCUT2D eigenvalue weighted by Crippen LogP contribution is -2.24. The van der Waals surface area contributed by atoms with Gasteiger partial charge in [0, 0.05) is 0 Å². The summed E-state index contributed by atoms with van der Waals surface area (Å²) in [6.45, 7) is 3.65. The van der Waals surface area contributed by atoms with Crippen LogP contribution in [0.25, 0.3) is 0 Å². The number of hydrogen-bond donors (Lipinski definition) is 2. The molecule has 8 nitrogen and oxygen atoms in total. The first-order valence-electron chi connectivity index (χ1n) is 7.16. The molecule has 2 N–H and O–H groups in total. The molecule has 0 radical (unpaired) electrons. The van der Waals surface area contributed by atoms with Gasteiger partial charge in [-0.2, -0.15) is 10.1 Å². The van der Waals surface area contributed by atoms with Gasteiger partial charge in [0.15, 0.2) is 0 Å². The van der Waals surface area contributed by atoms with E-state index < -0.39 is 6.04 Å². The quantitative estimate of drug-likeness (QED) is 0.889.